The van der Waals surface area contributed by atoms with Crippen molar-refractivity contribution in [1.29, 1.82) is 0 Å². The van der Waals surface area contributed by atoms with Crippen molar-refractivity contribution in [3.63, 3.8) is 0 Å². The highest BCUT2D eigenvalue weighted by molar-refractivity contribution is 6.20. The summed E-state index contributed by atoms with van der Waals surface area (Å²) < 4.78 is 0. The van der Waals surface area contributed by atoms with Gasteiger partial charge in [-0.25, -0.2) is 0 Å². The Morgan fingerprint density at radius 3 is 1.72 bits per heavy atom. The fraction of sp³-hybridized carbons (Fsp3) is 0.0870. The molecule has 47 heavy (non-hydrogen) atoms. The summed E-state index contributed by atoms with van der Waals surface area (Å²) in [4.78, 5) is 2.42. The molecular weight excluding hydrogens is 567 g/mol. The molecule has 0 bridgehead atoms. The maximum absolute atomic E-state index is 2.42. The van der Waals surface area contributed by atoms with Crippen LogP contribution in [-0.2, 0) is 5.41 Å². The Morgan fingerprint density at radius 2 is 0.957 bits per heavy atom. The van der Waals surface area contributed by atoms with E-state index in [0.717, 1.165) is 17.1 Å². The fourth-order valence-electron chi connectivity index (χ4n) is 7.03. The summed E-state index contributed by atoms with van der Waals surface area (Å²) in [5.41, 5.74) is 9.60. The Kier molecular flexibility index (Phi) is 7.11. The van der Waals surface area contributed by atoms with Crippen molar-refractivity contribution in [3.8, 4) is 22.3 Å². The Hall–Kier alpha value is -5.66. The molecule has 8 rings (SSSR count). The van der Waals surface area contributed by atoms with Crippen LogP contribution in [0.5, 0.6) is 0 Å². The number of fused-ring (bicyclic) bond motifs is 5. The van der Waals surface area contributed by atoms with Gasteiger partial charge < -0.3 is 4.90 Å². The van der Waals surface area contributed by atoms with Crippen LogP contribution >= 0.6 is 0 Å². The minimum absolute atomic E-state index is 0.0535. The molecule has 0 spiro atoms. The zero-order valence-corrected chi connectivity index (χ0v) is 27.1. The van der Waals surface area contributed by atoms with Crippen LogP contribution in [0.3, 0.4) is 0 Å². The van der Waals surface area contributed by atoms with Crippen LogP contribution in [0.25, 0.3) is 54.6 Å². The van der Waals surface area contributed by atoms with Gasteiger partial charge in [0.2, 0.25) is 0 Å². The number of nitrogens with zero attached hydrogens (tertiary/aromatic N) is 1. The van der Waals surface area contributed by atoms with Gasteiger partial charge in [-0.1, -0.05) is 154 Å². The Bertz CT molecular complexity index is 2380. The summed E-state index contributed by atoms with van der Waals surface area (Å²) in [6.07, 6.45) is 0. The van der Waals surface area contributed by atoms with Crippen LogP contribution in [0, 0.1) is 0 Å². The lowest BCUT2D eigenvalue weighted by atomic mass is 9.81. The summed E-state index contributed by atoms with van der Waals surface area (Å²) in [7, 11) is 0. The van der Waals surface area contributed by atoms with Gasteiger partial charge in [0.1, 0.15) is 0 Å². The minimum Gasteiger partial charge on any atom is -0.310 e. The van der Waals surface area contributed by atoms with Gasteiger partial charge in [0.05, 0.1) is 0 Å². The molecule has 0 fully saturated rings. The van der Waals surface area contributed by atoms with E-state index >= 15 is 0 Å². The van der Waals surface area contributed by atoms with E-state index in [2.05, 4.69) is 196 Å². The van der Waals surface area contributed by atoms with Gasteiger partial charge in [-0.3, -0.25) is 0 Å². The standard InChI is InChI=1S/C46H37N/c1-46(2,3)44-31-40(25-27-41(44)33-15-8-5-9-16-33)47(38-19-12-18-36(29-38)32-13-6-4-7-14-32)39-26-28-43-37(30-39)24-23-35-22-21-34-17-10-11-20-42(34)45(35)43/h4-31H,1-3H3. The van der Waals surface area contributed by atoms with Gasteiger partial charge in [0.25, 0.3) is 0 Å². The Morgan fingerprint density at radius 1 is 0.383 bits per heavy atom. The molecule has 0 N–H and O–H groups in total. The van der Waals surface area contributed by atoms with E-state index in [4.69, 9.17) is 0 Å². The van der Waals surface area contributed by atoms with Crippen LogP contribution in [0.1, 0.15) is 26.3 Å². The van der Waals surface area contributed by atoms with Crippen molar-refractivity contribution >= 4 is 49.4 Å². The Labute approximate surface area is 277 Å². The van der Waals surface area contributed by atoms with Crippen molar-refractivity contribution in [1.82, 2.24) is 0 Å². The van der Waals surface area contributed by atoms with Crippen molar-refractivity contribution in [2.24, 2.45) is 0 Å². The van der Waals surface area contributed by atoms with Crippen molar-refractivity contribution < 1.29 is 0 Å². The molecule has 1 heteroatoms. The van der Waals surface area contributed by atoms with Crippen molar-refractivity contribution in [3.05, 3.63) is 175 Å². The average Bonchev–Trinajstić information content (AvgIpc) is 3.12. The van der Waals surface area contributed by atoms with Crippen LogP contribution in [-0.4, -0.2) is 0 Å². The van der Waals surface area contributed by atoms with E-state index in [1.54, 1.807) is 0 Å². The van der Waals surface area contributed by atoms with E-state index < -0.39 is 0 Å². The lowest BCUT2D eigenvalue weighted by Gasteiger charge is -2.30. The summed E-state index contributed by atoms with van der Waals surface area (Å²) in [5, 5.41) is 7.64. The van der Waals surface area contributed by atoms with Crippen LogP contribution in [0.15, 0.2) is 170 Å². The monoisotopic (exact) mass is 603 g/mol. The predicted molar refractivity (Wildman–Crippen MR) is 203 cm³/mol. The molecule has 0 aromatic heterocycles. The molecule has 0 amide bonds. The third-order valence-corrected chi connectivity index (χ3v) is 9.33. The number of benzene rings is 8. The predicted octanol–water partition coefficient (Wildman–Crippen LogP) is 13.2. The highest BCUT2D eigenvalue weighted by atomic mass is 15.1. The molecular formula is C46H37N. The lowest BCUT2D eigenvalue weighted by molar-refractivity contribution is 0.592. The topological polar surface area (TPSA) is 3.24 Å². The molecule has 0 saturated carbocycles. The van der Waals surface area contributed by atoms with Gasteiger partial charge >= 0.3 is 0 Å². The average molecular weight is 604 g/mol. The first-order valence-corrected chi connectivity index (χ1v) is 16.4. The second kappa shape index (κ2) is 11.6. The zero-order chi connectivity index (χ0) is 32.0. The van der Waals surface area contributed by atoms with E-state index in [1.807, 2.05) is 0 Å². The number of hydrogen-bond donors (Lipinski definition) is 0. The second-order valence-corrected chi connectivity index (χ2v) is 13.5. The molecule has 0 aliphatic rings. The highest BCUT2D eigenvalue weighted by Gasteiger charge is 2.22. The second-order valence-electron chi connectivity index (χ2n) is 13.5. The number of anilines is 3. The zero-order valence-electron chi connectivity index (χ0n) is 27.1. The van der Waals surface area contributed by atoms with Crippen molar-refractivity contribution in [2.75, 3.05) is 4.90 Å². The van der Waals surface area contributed by atoms with Crippen LogP contribution < -0.4 is 4.90 Å². The third kappa shape index (κ3) is 5.34. The van der Waals surface area contributed by atoms with Gasteiger partial charge in [-0.05, 0) is 102 Å². The van der Waals surface area contributed by atoms with E-state index in [9.17, 15) is 0 Å². The molecule has 0 saturated heterocycles. The van der Waals surface area contributed by atoms with Gasteiger partial charge in [0, 0.05) is 17.1 Å². The molecule has 8 aromatic rings. The molecule has 0 atom stereocenters. The van der Waals surface area contributed by atoms with E-state index in [-0.39, 0.29) is 5.41 Å². The SMILES string of the molecule is CC(C)(C)c1cc(N(c2cccc(-c3ccccc3)c2)c2ccc3c(ccc4ccc5ccccc5c43)c2)ccc1-c1ccccc1. The molecule has 0 radical (unpaired) electrons. The molecule has 0 heterocycles. The lowest BCUT2D eigenvalue weighted by Crippen LogP contribution is -2.16. The van der Waals surface area contributed by atoms with E-state index in [0.29, 0.717) is 0 Å². The third-order valence-electron chi connectivity index (χ3n) is 9.33. The van der Waals surface area contributed by atoms with Crippen LogP contribution in [0.2, 0.25) is 0 Å². The molecule has 0 aliphatic heterocycles. The first kappa shape index (κ1) is 28.8. The number of rotatable bonds is 5. The summed E-state index contributed by atoms with van der Waals surface area (Å²) in [5.74, 6) is 0. The maximum atomic E-state index is 2.42. The van der Waals surface area contributed by atoms with Gasteiger partial charge in [0.15, 0.2) is 0 Å². The van der Waals surface area contributed by atoms with Gasteiger partial charge in [-0.15, -0.1) is 0 Å². The molecule has 226 valence electrons. The Balaban J connectivity index is 1.35. The van der Waals surface area contributed by atoms with Crippen LogP contribution in [0.4, 0.5) is 17.1 Å². The van der Waals surface area contributed by atoms with Crippen molar-refractivity contribution in [2.45, 2.75) is 26.2 Å². The summed E-state index contributed by atoms with van der Waals surface area (Å²) in [6, 6.07) is 62.0. The molecule has 8 aromatic carbocycles. The highest BCUT2D eigenvalue weighted by Crippen LogP contribution is 2.43. The normalized spacial score (nSPS) is 11.7. The smallest absolute Gasteiger partial charge is 0.0468 e. The van der Waals surface area contributed by atoms with Gasteiger partial charge in [-0.2, -0.15) is 0 Å². The summed E-state index contributed by atoms with van der Waals surface area (Å²) >= 11 is 0. The first-order valence-electron chi connectivity index (χ1n) is 16.4. The molecule has 1 nitrogen and oxygen atoms in total. The largest absolute Gasteiger partial charge is 0.310 e. The number of hydrogen-bond acceptors (Lipinski definition) is 1. The molecule has 0 unspecified atom stereocenters. The first-order chi connectivity index (χ1) is 22.9. The van der Waals surface area contributed by atoms with E-state index in [1.165, 1.54) is 60.1 Å². The maximum Gasteiger partial charge on any atom is 0.0468 e. The minimum atomic E-state index is -0.0535. The quantitative estimate of drug-likeness (QED) is 0.177. The molecule has 0 aliphatic carbocycles. The summed E-state index contributed by atoms with van der Waals surface area (Å²) in [6.45, 7) is 6.93. The fourth-order valence-corrected chi connectivity index (χ4v) is 7.03.